The highest BCUT2D eigenvalue weighted by atomic mass is 32.2. The summed E-state index contributed by atoms with van der Waals surface area (Å²) >= 11 is 0. The summed E-state index contributed by atoms with van der Waals surface area (Å²) in [7, 11) is 0.421. The van der Waals surface area contributed by atoms with E-state index in [-0.39, 0.29) is 41.1 Å². The second-order valence-corrected chi connectivity index (χ2v) is 13.9. The Balaban J connectivity index is 1.64. The van der Waals surface area contributed by atoms with Crippen molar-refractivity contribution >= 4 is 44.8 Å². The van der Waals surface area contributed by atoms with E-state index in [0.29, 0.717) is 16.5 Å². The number of benzene rings is 2. The van der Waals surface area contributed by atoms with E-state index >= 15 is 0 Å². The highest BCUT2D eigenvalue weighted by molar-refractivity contribution is 7.90. The number of aryl methyl sites for hydroxylation is 1. The minimum absolute atomic E-state index is 0.0129. The van der Waals surface area contributed by atoms with Gasteiger partial charge in [-0.3, -0.25) is 14.5 Å². The monoisotopic (exact) mass is 648 g/mol. The second kappa shape index (κ2) is 10.0. The van der Waals surface area contributed by atoms with Gasteiger partial charge < -0.3 is 18.9 Å². The lowest BCUT2D eigenvalue weighted by Gasteiger charge is -2.56. The summed E-state index contributed by atoms with van der Waals surface area (Å²) < 4.78 is 51.7. The third-order valence-electron chi connectivity index (χ3n) is 10.5. The van der Waals surface area contributed by atoms with Gasteiger partial charge in [-0.15, -0.1) is 0 Å². The standard InChI is InChI=1S/C33H32N2O10S/c1-17-10-12-18(13-11-17)46(40,41)35-23-9-7-6-8-19(23)20-14-15-34-32(31(39)45-5)21(16-22(32)28(36)42-2)25-24(29(37)43-3)26(30(38)44-4)33(25,34)27(20)35/h6-13,21-22,25H,14-16H2,1-5H3/t21-,22-,25+,32+,33+/m1/s1. The number of ether oxygens (including phenoxy) is 4. The van der Waals surface area contributed by atoms with Crippen LogP contribution in [0.4, 0.5) is 0 Å². The predicted octanol–water partition coefficient (Wildman–Crippen LogP) is 2.25. The van der Waals surface area contributed by atoms with Crippen molar-refractivity contribution in [1.82, 2.24) is 8.87 Å². The topological polar surface area (TPSA) is 148 Å². The van der Waals surface area contributed by atoms with E-state index in [1.807, 2.05) is 13.0 Å². The number of methoxy groups -OCH3 is 4. The molecule has 7 rings (SSSR count). The number of hydrogen-bond donors (Lipinski definition) is 0. The number of carbonyl (C=O) groups is 4. The summed E-state index contributed by atoms with van der Waals surface area (Å²) in [6.07, 6.45) is 0.391. The number of esters is 4. The van der Waals surface area contributed by atoms with E-state index in [2.05, 4.69) is 0 Å². The molecule has 12 nitrogen and oxygen atoms in total. The summed E-state index contributed by atoms with van der Waals surface area (Å²) in [5.74, 6) is -5.76. The van der Waals surface area contributed by atoms with E-state index in [4.69, 9.17) is 18.9 Å². The summed E-state index contributed by atoms with van der Waals surface area (Å²) in [6.45, 7) is 1.98. The molecule has 2 fully saturated rings. The molecule has 1 saturated heterocycles. The van der Waals surface area contributed by atoms with E-state index in [1.54, 1.807) is 35.2 Å². The molecular formula is C33H32N2O10S. The molecule has 46 heavy (non-hydrogen) atoms. The average Bonchev–Trinajstić information content (AvgIpc) is 3.46. The zero-order valence-corrected chi connectivity index (χ0v) is 26.7. The van der Waals surface area contributed by atoms with E-state index in [1.165, 1.54) is 37.4 Å². The molecule has 2 aliphatic carbocycles. The molecule has 5 atom stereocenters. The number of hydrogen-bond acceptors (Lipinski definition) is 11. The molecule has 13 heteroatoms. The van der Waals surface area contributed by atoms with Crippen LogP contribution in [-0.4, -0.2) is 81.7 Å². The highest BCUT2D eigenvalue weighted by Gasteiger charge is 2.86. The molecule has 4 aliphatic rings. The van der Waals surface area contributed by atoms with Crippen molar-refractivity contribution in [2.24, 2.45) is 17.8 Å². The van der Waals surface area contributed by atoms with Crippen molar-refractivity contribution in [2.75, 3.05) is 35.0 Å². The van der Waals surface area contributed by atoms with Gasteiger partial charge in [0.2, 0.25) is 0 Å². The first kappa shape index (κ1) is 30.2. The van der Waals surface area contributed by atoms with Gasteiger partial charge in [-0.05, 0) is 49.4 Å². The normalized spacial score (nSPS) is 27.7. The van der Waals surface area contributed by atoms with Crippen LogP contribution in [-0.2, 0) is 60.1 Å². The SMILES string of the molecule is COC(=O)C1=C(C(=O)OC)[C@@]23c4c(c5ccccc5n4S(=O)(=O)c4ccc(C)cc4)CCN2[C@]2(C(=O)OC)[C@@H](C(=O)OC)C[C@@H]2[C@@H]13. The Morgan fingerprint density at radius 2 is 1.54 bits per heavy atom. The van der Waals surface area contributed by atoms with Crippen molar-refractivity contribution in [3.8, 4) is 0 Å². The molecule has 2 aliphatic heterocycles. The molecule has 3 aromatic rings. The largest absolute Gasteiger partial charge is 0.469 e. The first-order chi connectivity index (χ1) is 22.0. The molecule has 2 aromatic carbocycles. The van der Waals surface area contributed by atoms with Gasteiger partial charge in [-0.25, -0.2) is 22.0 Å². The molecule has 0 amide bonds. The maximum absolute atomic E-state index is 14.8. The number of carbonyl (C=O) groups excluding carboxylic acids is 4. The van der Waals surface area contributed by atoms with Gasteiger partial charge in [0, 0.05) is 17.8 Å². The maximum atomic E-state index is 14.8. The van der Waals surface area contributed by atoms with Gasteiger partial charge in [0.05, 0.1) is 61.6 Å². The molecule has 1 spiro atoms. The molecule has 0 bridgehead atoms. The fraction of sp³-hybridized carbons (Fsp3) is 0.394. The Bertz CT molecular complexity index is 2010. The predicted molar refractivity (Wildman–Crippen MR) is 161 cm³/mol. The molecule has 3 heterocycles. The van der Waals surface area contributed by atoms with E-state index in [9.17, 15) is 27.6 Å². The fourth-order valence-corrected chi connectivity index (χ4v) is 10.5. The van der Waals surface area contributed by atoms with Crippen LogP contribution in [0.5, 0.6) is 0 Å². The van der Waals surface area contributed by atoms with Crippen LogP contribution in [0.3, 0.4) is 0 Å². The molecule has 0 radical (unpaired) electrons. The zero-order valence-electron chi connectivity index (χ0n) is 25.9. The van der Waals surface area contributed by atoms with Crippen molar-refractivity contribution in [3.63, 3.8) is 0 Å². The Kier molecular flexibility index (Phi) is 6.56. The van der Waals surface area contributed by atoms with E-state index in [0.717, 1.165) is 12.7 Å². The highest BCUT2D eigenvalue weighted by Crippen LogP contribution is 2.76. The average molecular weight is 649 g/mol. The van der Waals surface area contributed by atoms with Gasteiger partial charge >= 0.3 is 23.9 Å². The minimum atomic E-state index is -4.35. The quantitative estimate of drug-likeness (QED) is 0.286. The van der Waals surface area contributed by atoms with Gasteiger partial charge in [-0.2, -0.15) is 0 Å². The van der Waals surface area contributed by atoms with Gasteiger partial charge in [0.1, 0.15) is 11.1 Å². The number of fused-ring (bicyclic) bond motifs is 6. The first-order valence-electron chi connectivity index (χ1n) is 14.8. The van der Waals surface area contributed by atoms with Crippen LogP contribution in [0.25, 0.3) is 10.9 Å². The van der Waals surface area contributed by atoms with Crippen molar-refractivity contribution in [1.29, 1.82) is 0 Å². The van der Waals surface area contributed by atoms with Crippen LogP contribution >= 0.6 is 0 Å². The first-order valence-corrected chi connectivity index (χ1v) is 16.2. The number of para-hydroxylation sites is 1. The summed E-state index contributed by atoms with van der Waals surface area (Å²) in [6, 6.07) is 13.4. The van der Waals surface area contributed by atoms with Crippen molar-refractivity contribution in [3.05, 3.63) is 76.5 Å². The second-order valence-electron chi connectivity index (χ2n) is 12.1. The van der Waals surface area contributed by atoms with Gasteiger partial charge in [0.15, 0.2) is 0 Å². The lowest BCUT2D eigenvalue weighted by Crippen LogP contribution is -2.71. The maximum Gasteiger partial charge on any atom is 0.336 e. The Morgan fingerprint density at radius 3 is 2.17 bits per heavy atom. The molecular weight excluding hydrogens is 616 g/mol. The van der Waals surface area contributed by atoms with Crippen LogP contribution in [0.2, 0.25) is 0 Å². The smallest absolute Gasteiger partial charge is 0.336 e. The molecule has 1 saturated carbocycles. The molecule has 240 valence electrons. The zero-order chi connectivity index (χ0) is 32.9. The molecule has 1 aromatic heterocycles. The number of rotatable bonds is 6. The van der Waals surface area contributed by atoms with Crippen LogP contribution in [0.15, 0.2) is 64.6 Å². The third-order valence-corrected chi connectivity index (χ3v) is 12.2. The van der Waals surface area contributed by atoms with Crippen molar-refractivity contribution in [2.45, 2.75) is 35.7 Å². The Labute approximate surface area is 264 Å². The van der Waals surface area contributed by atoms with Gasteiger partial charge in [0.25, 0.3) is 10.0 Å². The van der Waals surface area contributed by atoms with E-state index < -0.39 is 62.7 Å². The summed E-state index contributed by atoms with van der Waals surface area (Å²) in [5.41, 5.74) is -1.39. The third kappa shape index (κ3) is 3.29. The summed E-state index contributed by atoms with van der Waals surface area (Å²) in [4.78, 5) is 56.5. The van der Waals surface area contributed by atoms with Crippen LogP contribution in [0, 0.1) is 24.7 Å². The van der Waals surface area contributed by atoms with Crippen LogP contribution in [0.1, 0.15) is 23.2 Å². The summed E-state index contributed by atoms with van der Waals surface area (Å²) in [5, 5.41) is 0.646. The fourth-order valence-electron chi connectivity index (χ4n) is 8.87. The Hall–Kier alpha value is -4.49. The molecule has 0 unspecified atom stereocenters. The number of aromatic nitrogens is 1. The van der Waals surface area contributed by atoms with Crippen molar-refractivity contribution < 1.29 is 46.5 Å². The number of nitrogens with zero attached hydrogens (tertiary/aromatic N) is 2. The Morgan fingerprint density at radius 1 is 0.870 bits per heavy atom. The lowest BCUT2D eigenvalue weighted by molar-refractivity contribution is -0.188. The van der Waals surface area contributed by atoms with Gasteiger partial charge in [-0.1, -0.05) is 35.9 Å². The minimum Gasteiger partial charge on any atom is -0.469 e. The molecule has 0 N–H and O–H groups in total. The van der Waals surface area contributed by atoms with Crippen LogP contribution < -0.4 is 0 Å². The lowest BCUT2D eigenvalue weighted by atomic mass is 9.50.